The molecule has 0 unspecified atom stereocenters. The number of nitrogens with one attached hydrogen (secondary N) is 1. The molecule has 1 aliphatic rings. The van der Waals surface area contributed by atoms with Gasteiger partial charge in [0.15, 0.2) is 5.75 Å². The third kappa shape index (κ3) is 3.91. The summed E-state index contributed by atoms with van der Waals surface area (Å²) in [7, 11) is 0. The molecule has 6 nitrogen and oxygen atoms in total. The molecule has 1 aliphatic heterocycles. The topological polar surface area (TPSA) is 67.6 Å². The van der Waals surface area contributed by atoms with E-state index in [4.69, 9.17) is 4.74 Å². The van der Waals surface area contributed by atoms with Crippen molar-refractivity contribution in [3.8, 4) is 5.75 Å². The summed E-state index contributed by atoms with van der Waals surface area (Å²) in [6, 6.07) is 5.25. The normalized spacial score (nSPS) is 16.1. The molecule has 1 fully saturated rings. The van der Waals surface area contributed by atoms with E-state index < -0.39 is 0 Å². The van der Waals surface area contributed by atoms with Crippen molar-refractivity contribution >= 4 is 5.69 Å². The van der Waals surface area contributed by atoms with Gasteiger partial charge in [0.1, 0.15) is 0 Å². The molecule has 2 rings (SSSR count). The van der Waals surface area contributed by atoms with Crippen molar-refractivity contribution in [2.75, 3.05) is 39.3 Å². The summed E-state index contributed by atoms with van der Waals surface area (Å²) < 4.78 is 5.29. The summed E-state index contributed by atoms with van der Waals surface area (Å²) in [5, 5.41) is 14.4. The van der Waals surface area contributed by atoms with Gasteiger partial charge in [0, 0.05) is 38.8 Å². The highest BCUT2D eigenvalue weighted by atomic mass is 16.6. The molecular formula is C14H21N3O3. The highest BCUT2D eigenvalue weighted by Gasteiger charge is 2.16. The quantitative estimate of drug-likeness (QED) is 0.630. The van der Waals surface area contributed by atoms with Gasteiger partial charge < -0.3 is 15.0 Å². The Morgan fingerprint density at radius 2 is 2.15 bits per heavy atom. The first-order valence-corrected chi connectivity index (χ1v) is 7.04. The van der Waals surface area contributed by atoms with Crippen molar-refractivity contribution in [2.45, 2.75) is 13.3 Å². The predicted molar refractivity (Wildman–Crippen MR) is 77.3 cm³/mol. The van der Waals surface area contributed by atoms with Crippen LogP contribution in [0.1, 0.15) is 12.5 Å². The summed E-state index contributed by atoms with van der Waals surface area (Å²) in [5.74, 6) is 0.350. The summed E-state index contributed by atoms with van der Waals surface area (Å²) in [6.45, 7) is 7.31. The minimum Gasteiger partial charge on any atom is -0.487 e. The van der Waals surface area contributed by atoms with Gasteiger partial charge in [0.2, 0.25) is 0 Å². The largest absolute Gasteiger partial charge is 0.487 e. The smallest absolute Gasteiger partial charge is 0.311 e. The van der Waals surface area contributed by atoms with Gasteiger partial charge >= 0.3 is 5.69 Å². The molecular weight excluding hydrogens is 258 g/mol. The first-order chi connectivity index (χ1) is 9.70. The number of rotatable bonds is 6. The van der Waals surface area contributed by atoms with E-state index in [0.717, 1.165) is 44.7 Å². The zero-order valence-electron chi connectivity index (χ0n) is 11.8. The Labute approximate surface area is 118 Å². The van der Waals surface area contributed by atoms with Crippen molar-refractivity contribution in [3.05, 3.63) is 33.9 Å². The lowest BCUT2D eigenvalue weighted by molar-refractivity contribution is -0.385. The standard InChI is InChI=1S/C14H21N3O3/c1-2-20-14-4-3-12(11-13(14)17(18)19)5-8-16-9-6-15-7-10-16/h3-4,11,15H,2,5-10H2,1H3. The van der Waals surface area contributed by atoms with Crippen LogP contribution in [0.3, 0.4) is 0 Å². The monoisotopic (exact) mass is 279 g/mol. The van der Waals surface area contributed by atoms with Crippen molar-refractivity contribution in [2.24, 2.45) is 0 Å². The van der Waals surface area contributed by atoms with Gasteiger partial charge in [-0.3, -0.25) is 10.1 Å². The third-order valence-corrected chi connectivity index (χ3v) is 3.45. The summed E-state index contributed by atoms with van der Waals surface area (Å²) in [6.07, 6.45) is 0.827. The third-order valence-electron chi connectivity index (χ3n) is 3.45. The molecule has 0 aliphatic carbocycles. The van der Waals surface area contributed by atoms with Gasteiger partial charge in [-0.2, -0.15) is 0 Å². The van der Waals surface area contributed by atoms with Crippen LogP contribution in [-0.2, 0) is 6.42 Å². The van der Waals surface area contributed by atoms with Gasteiger partial charge in [-0.1, -0.05) is 6.07 Å². The van der Waals surface area contributed by atoms with Crippen LogP contribution < -0.4 is 10.1 Å². The molecule has 0 bridgehead atoms. The minimum absolute atomic E-state index is 0.0599. The van der Waals surface area contributed by atoms with E-state index in [1.54, 1.807) is 12.1 Å². The van der Waals surface area contributed by atoms with Gasteiger partial charge in [0.25, 0.3) is 0 Å². The molecule has 0 spiro atoms. The lowest BCUT2D eigenvalue weighted by Gasteiger charge is -2.27. The fraction of sp³-hybridized carbons (Fsp3) is 0.571. The van der Waals surface area contributed by atoms with Crippen molar-refractivity contribution in [3.63, 3.8) is 0 Å². The van der Waals surface area contributed by atoms with Crippen LogP contribution in [0.2, 0.25) is 0 Å². The van der Waals surface area contributed by atoms with Crippen LogP contribution >= 0.6 is 0 Å². The highest BCUT2D eigenvalue weighted by molar-refractivity contribution is 5.48. The molecule has 20 heavy (non-hydrogen) atoms. The Hall–Kier alpha value is -1.66. The number of piperazine rings is 1. The fourth-order valence-electron chi connectivity index (χ4n) is 2.36. The summed E-state index contributed by atoms with van der Waals surface area (Å²) in [5.41, 5.74) is 1.04. The van der Waals surface area contributed by atoms with E-state index in [1.807, 2.05) is 13.0 Å². The first kappa shape index (κ1) is 14.7. The zero-order valence-corrected chi connectivity index (χ0v) is 11.8. The van der Waals surface area contributed by atoms with Gasteiger partial charge in [-0.25, -0.2) is 0 Å². The molecule has 1 aromatic carbocycles. The Morgan fingerprint density at radius 1 is 1.40 bits per heavy atom. The highest BCUT2D eigenvalue weighted by Crippen LogP contribution is 2.28. The van der Waals surface area contributed by atoms with Crippen molar-refractivity contribution < 1.29 is 9.66 Å². The Kier molecular flexibility index (Phi) is 5.31. The maximum absolute atomic E-state index is 11.1. The molecule has 6 heteroatoms. The lowest BCUT2D eigenvalue weighted by atomic mass is 10.1. The average molecular weight is 279 g/mol. The van der Waals surface area contributed by atoms with Crippen LogP contribution in [0.5, 0.6) is 5.75 Å². The molecule has 0 aromatic heterocycles. The molecule has 0 amide bonds. The van der Waals surface area contributed by atoms with Crippen LogP contribution in [0, 0.1) is 10.1 Å². The number of hydrogen-bond acceptors (Lipinski definition) is 5. The number of ether oxygens (including phenoxy) is 1. The van der Waals surface area contributed by atoms with E-state index in [1.165, 1.54) is 0 Å². The first-order valence-electron chi connectivity index (χ1n) is 7.04. The van der Waals surface area contributed by atoms with Gasteiger partial charge in [-0.15, -0.1) is 0 Å². The second-order valence-corrected chi connectivity index (χ2v) is 4.83. The second-order valence-electron chi connectivity index (χ2n) is 4.83. The Balaban J connectivity index is 2.00. The number of benzene rings is 1. The Morgan fingerprint density at radius 3 is 2.80 bits per heavy atom. The molecule has 0 atom stereocenters. The van der Waals surface area contributed by atoms with Gasteiger partial charge in [0.05, 0.1) is 11.5 Å². The SMILES string of the molecule is CCOc1ccc(CCN2CCNCC2)cc1[N+](=O)[O-]. The molecule has 0 radical (unpaired) electrons. The number of nitrogens with zero attached hydrogens (tertiary/aromatic N) is 2. The van der Waals surface area contributed by atoms with Crippen LogP contribution in [0.25, 0.3) is 0 Å². The van der Waals surface area contributed by atoms with Crippen molar-refractivity contribution in [1.82, 2.24) is 10.2 Å². The van der Waals surface area contributed by atoms with E-state index in [-0.39, 0.29) is 10.6 Å². The summed E-state index contributed by atoms with van der Waals surface area (Å²) >= 11 is 0. The van der Waals surface area contributed by atoms with E-state index >= 15 is 0 Å². The number of hydrogen-bond donors (Lipinski definition) is 1. The summed E-state index contributed by atoms with van der Waals surface area (Å²) in [4.78, 5) is 13.1. The maximum Gasteiger partial charge on any atom is 0.311 e. The van der Waals surface area contributed by atoms with Crippen LogP contribution in [0.15, 0.2) is 18.2 Å². The van der Waals surface area contributed by atoms with E-state index in [9.17, 15) is 10.1 Å². The van der Waals surface area contributed by atoms with E-state index in [2.05, 4.69) is 10.2 Å². The number of nitro groups is 1. The average Bonchev–Trinajstić information content (AvgIpc) is 2.47. The van der Waals surface area contributed by atoms with Gasteiger partial charge in [-0.05, 0) is 25.0 Å². The minimum atomic E-state index is -0.376. The molecule has 0 saturated carbocycles. The molecule has 1 aromatic rings. The molecule has 110 valence electrons. The van der Waals surface area contributed by atoms with E-state index in [0.29, 0.717) is 12.4 Å². The fourth-order valence-corrected chi connectivity index (χ4v) is 2.36. The lowest BCUT2D eigenvalue weighted by Crippen LogP contribution is -2.44. The molecule has 1 saturated heterocycles. The molecule has 1 heterocycles. The zero-order chi connectivity index (χ0) is 14.4. The van der Waals surface area contributed by atoms with Crippen LogP contribution in [-0.4, -0.2) is 49.2 Å². The van der Waals surface area contributed by atoms with Crippen molar-refractivity contribution in [1.29, 1.82) is 0 Å². The second kappa shape index (κ2) is 7.21. The van der Waals surface area contributed by atoms with Crippen LogP contribution in [0.4, 0.5) is 5.69 Å². The maximum atomic E-state index is 11.1. The molecule has 1 N–H and O–H groups in total. The Bertz CT molecular complexity index is 459. The predicted octanol–water partition coefficient (Wildman–Crippen LogP) is 1.44. The number of nitro benzene ring substituents is 1.